The maximum absolute atomic E-state index is 12.6. The molecule has 6 nitrogen and oxygen atoms in total. The molecule has 0 unspecified atom stereocenters. The van der Waals surface area contributed by atoms with Gasteiger partial charge in [0.25, 0.3) is 0 Å². The Morgan fingerprint density at radius 2 is 1.77 bits per heavy atom. The Hall–Kier alpha value is -2.49. The van der Waals surface area contributed by atoms with E-state index in [0.717, 1.165) is 31.4 Å². The maximum Gasteiger partial charge on any atom is 0.234 e. The number of aromatic nitrogens is 4. The lowest BCUT2D eigenvalue weighted by atomic mass is 10.2. The van der Waals surface area contributed by atoms with Crippen molar-refractivity contribution in [1.82, 2.24) is 19.7 Å². The van der Waals surface area contributed by atoms with Crippen LogP contribution in [0.1, 0.15) is 5.56 Å². The summed E-state index contributed by atoms with van der Waals surface area (Å²) in [5.74, 6) is 0.769. The molecule has 0 aliphatic heterocycles. The highest BCUT2D eigenvalue weighted by Crippen LogP contribution is 2.29. The van der Waals surface area contributed by atoms with E-state index in [2.05, 4.69) is 52.4 Å². The molecule has 0 atom stereocenters. The summed E-state index contributed by atoms with van der Waals surface area (Å²) in [5.41, 5.74) is 3.66. The Labute approximate surface area is 200 Å². The molecule has 9 heteroatoms. The summed E-state index contributed by atoms with van der Waals surface area (Å²) in [7, 11) is 0. The van der Waals surface area contributed by atoms with Gasteiger partial charge in [0, 0.05) is 32.6 Å². The van der Waals surface area contributed by atoms with E-state index >= 15 is 0 Å². The van der Waals surface area contributed by atoms with Gasteiger partial charge in [0.2, 0.25) is 5.91 Å². The van der Waals surface area contributed by atoms with Gasteiger partial charge in [0.1, 0.15) is 0 Å². The van der Waals surface area contributed by atoms with Crippen LogP contribution in [0.5, 0.6) is 0 Å². The van der Waals surface area contributed by atoms with Crippen molar-refractivity contribution in [3.8, 4) is 17.1 Å². The van der Waals surface area contributed by atoms with E-state index in [1.807, 2.05) is 66.1 Å². The molecule has 0 spiro atoms. The first-order chi connectivity index (χ1) is 15.0. The zero-order valence-electron chi connectivity index (χ0n) is 16.4. The summed E-state index contributed by atoms with van der Waals surface area (Å²) >= 11 is 8.30. The van der Waals surface area contributed by atoms with Crippen LogP contribution in [0.2, 0.25) is 0 Å². The van der Waals surface area contributed by atoms with Crippen LogP contribution >= 0.6 is 43.6 Å². The summed E-state index contributed by atoms with van der Waals surface area (Å²) in [6.07, 6.45) is 3.44. The number of hydrogen-bond donors (Lipinski definition) is 1. The van der Waals surface area contributed by atoms with Crippen molar-refractivity contribution in [2.75, 3.05) is 11.1 Å². The second kappa shape index (κ2) is 9.76. The van der Waals surface area contributed by atoms with Crippen molar-refractivity contribution >= 4 is 55.2 Å². The van der Waals surface area contributed by atoms with E-state index < -0.39 is 0 Å². The van der Waals surface area contributed by atoms with Gasteiger partial charge < -0.3 is 5.32 Å². The first kappa shape index (κ1) is 21.7. The van der Waals surface area contributed by atoms with Crippen molar-refractivity contribution in [3.05, 3.63) is 81.5 Å². The number of halogens is 2. The predicted octanol–water partition coefficient (Wildman–Crippen LogP) is 5.89. The molecule has 4 aromatic rings. The number of nitrogens with one attached hydrogen (secondary N) is 1. The van der Waals surface area contributed by atoms with Crippen molar-refractivity contribution in [3.63, 3.8) is 0 Å². The van der Waals surface area contributed by atoms with Crippen LogP contribution in [0.3, 0.4) is 0 Å². The molecule has 0 aliphatic rings. The van der Waals surface area contributed by atoms with Crippen LogP contribution in [-0.2, 0) is 4.79 Å². The summed E-state index contributed by atoms with van der Waals surface area (Å²) in [4.78, 5) is 16.6. The van der Waals surface area contributed by atoms with Crippen molar-refractivity contribution in [2.24, 2.45) is 0 Å². The highest BCUT2D eigenvalue weighted by molar-refractivity contribution is 9.10. The highest BCUT2D eigenvalue weighted by Gasteiger charge is 2.17. The molecular weight excluding hydrogens is 542 g/mol. The fourth-order valence-electron chi connectivity index (χ4n) is 2.91. The lowest BCUT2D eigenvalue weighted by Crippen LogP contribution is -2.15. The third kappa shape index (κ3) is 5.23. The van der Waals surface area contributed by atoms with Crippen LogP contribution in [-0.4, -0.2) is 31.4 Å². The van der Waals surface area contributed by atoms with Crippen LogP contribution in [0.25, 0.3) is 17.1 Å². The highest BCUT2D eigenvalue weighted by atomic mass is 79.9. The molecule has 156 valence electrons. The van der Waals surface area contributed by atoms with Crippen LogP contribution in [0.4, 0.5) is 5.69 Å². The molecule has 4 rings (SSSR count). The number of carbonyl (C=O) groups is 1. The fraction of sp³-hybridized carbons (Fsp3) is 0.0909. The predicted molar refractivity (Wildman–Crippen MR) is 131 cm³/mol. The number of hydrogen-bond acceptors (Lipinski definition) is 5. The van der Waals surface area contributed by atoms with Gasteiger partial charge in [0.15, 0.2) is 11.0 Å². The Morgan fingerprint density at radius 3 is 2.48 bits per heavy atom. The number of benzene rings is 2. The second-order valence-corrected chi connectivity index (χ2v) is 9.39. The first-order valence-electron chi connectivity index (χ1n) is 9.32. The Balaban J connectivity index is 1.58. The largest absolute Gasteiger partial charge is 0.324 e. The van der Waals surface area contributed by atoms with Crippen LogP contribution in [0.15, 0.2) is 81.1 Å². The second-order valence-electron chi connectivity index (χ2n) is 6.67. The van der Waals surface area contributed by atoms with E-state index in [1.165, 1.54) is 11.8 Å². The zero-order chi connectivity index (χ0) is 21.8. The molecule has 1 N–H and O–H groups in total. The summed E-state index contributed by atoms with van der Waals surface area (Å²) in [6, 6.07) is 17.5. The SMILES string of the molecule is Cc1ccc(NC(=O)CSc2nnc(-c3ccncc3)n2-c2ccc(Br)cc2)c(Br)c1. The number of thioether (sulfide) groups is 1. The molecule has 31 heavy (non-hydrogen) atoms. The van der Waals surface area contributed by atoms with E-state index in [9.17, 15) is 4.79 Å². The standard InChI is InChI=1S/C22H17Br2N5OS/c1-14-2-7-19(18(24)12-14)26-20(30)13-31-22-28-27-21(15-8-10-25-11-9-15)29(22)17-5-3-16(23)4-6-17/h2-12H,13H2,1H3,(H,26,30). The smallest absolute Gasteiger partial charge is 0.234 e. The minimum Gasteiger partial charge on any atom is -0.324 e. The topological polar surface area (TPSA) is 72.7 Å². The van der Waals surface area contributed by atoms with Gasteiger partial charge in [-0.05, 0) is 76.9 Å². The first-order valence-corrected chi connectivity index (χ1v) is 11.9. The summed E-state index contributed by atoms with van der Waals surface area (Å²) < 4.78 is 3.78. The van der Waals surface area contributed by atoms with Gasteiger partial charge in [-0.15, -0.1) is 10.2 Å². The molecule has 2 aromatic carbocycles. The van der Waals surface area contributed by atoms with Crippen molar-refractivity contribution < 1.29 is 4.79 Å². The van der Waals surface area contributed by atoms with E-state index in [0.29, 0.717) is 11.0 Å². The Kier molecular flexibility index (Phi) is 6.84. The molecule has 2 aromatic heterocycles. The number of nitrogens with zero attached hydrogens (tertiary/aromatic N) is 4. The number of amides is 1. The normalized spacial score (nSPS) is 10.8. The summed E-state index contributed by atoms with van der Waals surface area (Å²) in [6.45, 7) is 2.00. The number of anilines is 1. The molecule has 0 saturated carbocycles. The lowest BCUT2D eigenvalue weighted by molar-refractivity contribution is -0.113. The molecule has 2 heterocycles. The molecular formula is C22H17Br2N5OS. The van der Waals surface area contributed by atoms with Crippen LogP contribution < -0.4 is 5.32 Å². The summed E-state index contributed by atoms with van der Waals surface area (Å²) in [5, 5.41) is 12.3. The third-order valence-electron chi connectivity index (χ3n) is 4.39. The monoisotopic (exact) mass is 557 g/mol. The molecule has 0 saturated heterocycles. The number of carbonyl (C=O) groups excluding carboxylic acids is 1. The van der Waals surface area contributed by atoms with Gasteiger partial charge in [-0.1, -0.05) is 33.8 Å². The average molecular weight is 559 g/mol. The fourth-order valence-corrected chi connectivity index (χ4v) is 4.52. The minimum absolute atomic E-state index is 0.120. The van der Waals surface area contributed by atoms with E-state index in [4.69, 9.17) is 0 Å². The minimum atomic E-state index is -0.120. The quantitative estimate of drug-likeness (QED) is 0.298. The number of rotatable bonds is 6. The average Bonchev–Trinajstić information content (AvgIpc) is 3.19. The molecule has 0 radical (unpaired) electrons. The van der Waals surface area contributed by atoms with Crippen molar-refractivity contribution in [2.45, 2.75) is 12.1 Å². The van der Waals surface area contributed by atoms with Crippen LogP contribution in [0, 0.1) is 6.92 Å². The van der Waals surface area contributed by atoms with Gasteiger partial charge in [-0.2, -0.15) is 0 Å². The van der Waals surface area contributed by atoms with E-state index in [-0.39, 0.29) is 11.7 Å². The van der Waals surface area contributed by atoms with Gasteiger partial charge in [0.05, 0.1) is 11.4 Å². The van der Waals surface area contributed by atoms with Gasteiger partial charge >= 0.3 is 0 Å². The Bertz CT molecular complexity index is 1210. The van der Waals surface area contributed by atoms with Crippen molar-refractivity contribution in [1.29, 1.82) is 0 Å². The van der Waals surface area contributed by atoms with E-state index in [1.54, 1.807) is 12.4 Å². The maximum atomic E-state index is 12.6. The third-order valence-corrected chi connectivity index (χ3v) is 6.50. The zero-order valence-corrected chi connectivity index (χ0v) is 20.4. The molecule has 0 aliphatic carbocycles. The number of aryl methyl sites for hydroxylation is 1. The van der Waals surface area contributed by atoms with Gasteiger partial charge in [-0.3, -0.25) is 14.3 Å². The molecule has 1 amide bonds. The van der Waals surface area contributed by atoms with Gasteiger partial charge in [-0.25, -0.2) is 0 Å². The number of pyridine rings is 1. The molecule has 0 bridgehead atoms. The lowest BCUT2D eigenvalue weighted by Gasteiger charge is -2.11. The molecule has 0 fully saturated rings. The Morgan fingerprint density at radius 1 is 1.03 bits per heavy atom.